The topological polar surface area (TPSA) is 45.5 Å². The van der Waals surface area contributed by atoms with E-state index in [1.54, 1.807) is 6.21 Å². The minimum Gasteiger partial charge on any atom is -0.411 e. The summed E-state index contributed by atoms with van der Waals surface area (Å²) in [6.45, 7) is 2.11. The first-order valence-corrected chi connectivity index (χ1v) is 8.91. The van der Waals surface area contributed by atoms with Crippen LogP contribution in [0, 0.1) is 6.92 Å². The van der Waals surface area contributed by atoms with Crippen molar-refractivity contribution >= 4 is 22.1 Å². The Morgan fingerprint density at radius 1 is 1.12 bits per heavy atom. The highest BCUT2D eigenvalue weighted by molar-refractivity contribution is 9.10. The molecule has 0 bridgehead atoms. The maximum atomic E-state index is 8.95. The molecule has 0 amide bonds. The van der Waals surface area contributed by atoms with Gasteiger partial charge in [-0.05, 0) is 53.8 Å². The molecule has 1 atom stereocenters. The zero-order valence-corrected chi connectivity index (χ0v) is 15.5. The molecule has 1 unspecified atom stereocenters. The highest BCUT2D eigenvalue weighted by Gasteiger charge is 2.19. The third-order valence-corrected chi connectivity index (χ3v) is 4.85. The van der Waals surface area contributed by atoms with Crippen LogP contribution in [0.2, 0.25) is 0 Å². The summed E-state index contributed by atoms with van der Waals surface area (Å²) >= 11 is 3.54. The minimum atomic E-state index is 0.0917. The van der Waals surface area contributed by atoms with Crippen LogP contribution >= 0.6 is 15.9 Å². The fourth-order valence-corrected chi connectivity index (χ4v) is 3.56. The van der Waals surface area contributed by atoms with Crippen LogP contribution in [0.15, 0.2) is 76.6 Å². The minimum absolute atomic E-state index is 0.0917. The Hall–Kier alpha value is -2.46. The van der Waals surface area contributed by atoms with Gasteiger partial charge < -0.3 is 5.21 Å². The van der Waals surface area contributed by atoms with E-state index in [-0.39, 0.29) is 5.92 Å². The zero-order chi connectivity index (χ0) is 17.6. The van der Waals surface area contributed by atoms with Crippen molar-refractivity contribution in [1.29, 1.82) is 0 Å². The molecule has 0 aliphatic rings. The predicted molar refractivity (Wildman–Crippen MR) is 105 cm³/mol. The maximum Gasteiger partial charge on any atom is 0.0445 e. The molecule has 126 valence electrons. The molecule has 3 nitrogen and oxygen atoms in total. The number of nitrogens with zero attached hydrogens (tertiary/aromatic N) is 2. The Labute approximate surface area is 156 Å². The van der Waals surface area contributed by atoms with Crippen LogP contribution in [-0.4, -0.2) is 16.4 Å². The quantitative estimate of drug-likeness (QED) is 0.337. The summed E-state index contributed by atoms with van der Waals surface area (Å²) in [5.74, 6) is 0.0917. The average Bonchev–Trinajstić information content (AvgIpc) is 2.64. The van der Waals surface area contributed by atoms with E-state index in [4.69, 9.17) is 5.21 Å². The number of halogens is 1. The molecule has 0 spiro atoms. The van der Waals surface area contributed by atoms with Crippen LogP contribution in [0.1, 0.15) is 29.0 Å². The van der Waals surface area contributed by atoms with Gasteiger partial charge in [0, 0.05) is 34.6 Å². The molecular weight excluding hydrogens is 376 g/mol. The molecule has 2 aromatic carbocycles. The van der Waals surface area contributed by atoms with E-state index in [1.807, 2.05) is 36.7 Å². The maximum absolute atomic E-state index is 8.95. The van der Waals surface area contributed by atoms with Gasteiger partial charge in [-0.2, -0.15) is 0 Å². The van der Waals surface area contributed by atoms with Gasteiger partial charge >= 0.3 is 0 Å². The van der Waals surface area contributed by atoms with E-state index in [9.17, 15) is 0 Å². The molecule has 0 aliphatic heterocycles. The van der Waals surface area contributed by atoms with Crippen molar-refractivity contribution in [3.8, 4) is 11.1 Å². The molecule has 3 aromatic rings. The standard InChI is InChI=1S/C21H19BrN2O/c1-15-5-2-3-8-18(15)19(10-12-24-25)20-9-11-23-14-21(20)16-6-4-7-17(22)13-16/h2-9,11-14,19,25H,10H2,1H3. The molecule has 25 heavy (non-hydrogen) atoms. The van der Waals surface area contributed by atoms with Crippen molar-refractivity contribution < 1.29 is 5.21 Å². The Morgan fingerprint density at radius 3 is 2.72 bits per heavy atom. The number of rotatable bonds is 5. The monoisotopic (exact) mass is 394 g/mol. The van der Waals surface area contributed by atoms with Gasteiger partial charge in [0.2, 0.25) is 0 Å². The lowest BCUT2D eigenvalue weighted by Crippen LogP contribution is -2.06. The first kappa shape index (κ1) is 17.4. The number of hydrogen-bond acceptors (Lipinski definition) is 3. The van der Waals surface area contributed by atoms with Crippen LogP contribution in [0.25, 0.3) is 11.1 Å². The Morgan fingerprint density at radius 2 is 1.96 bits per heavy atom. The average molecular weight is 395 g/mol. The van der Waals surface area contributed by atoms with Crippen molar-refractivity contribution in [2.75, 3.05) is 0 Å². The second-order valence-electron chi connectivity index (χ2n) is 5.92. The Bertz CT molecular complexity index is 892. The fraction of sp³-hybridized carbons (Fsp3) is 0.143. The smallest absolute Gasteiger partial charge is 0.0445 e. The molecule has 0 radical (unpaired) electrons. The van der Waals surface area contributed by atoms with Gasteiger partial charge in [0.25, 0.3) is 0 Å². The van der Waals surface area contributed by atoms with Gasteiger partial charge in [-0.25, -0.2) is 0 Å². The Balaban J connectivity index is 2.16. The van der Waals surface area contributed by atoms with Crippen molar-refractivity contribution in [3.63, 3.8) is 0 Å². The number of aryl methyl sites for hydroxylation is 1. The van der Waals surface area contributed by atoms with Crippen molar-refractivity contribution in [2.24, 2.45) is 5.16 Å². The van der Waals surface area contributed by atoms with Crippen LogP contribution < -0.4 is 0 Å². The number of pyridine rings is 1. The highest BCUT2D eigenvalue weighted by Crippen LogP contribution is 2.36. The molecule has 0 fully saturated rings. The molecule has 0 saturated heterocycles. The number of hydrogen-bond donors (Lipinski definition) is 1. The Kier molecular flexibility index (Phi) is 5.61. The lowest BCUT2D eigenvalue weighted by atomic mass is 9.83. The van der Waals surface area contributed by atoms with Gasteiger partial charge in [0.15, 0.2) is 0 Å². The van der Waals surface area contributed by atoms with Crippen LogP contribution in [0.5, 0.6) is 0 Å². The summed E-state index contributed by atoms with van der Waals surface area (Å²) in [6.07, 6.45) is 5.89. The van der Waals surface area contributed by atoms with E-state index in [0.29, 0.717) is 6.42 Å². The lowest BCUT2D eigenvalue weighted by molar-refractivity contribution is 0.320. The summed E-state index contributed by atoms with van der Waals surface area (Å²) in [5, 5.41) is 12.2. The second-order valence-corrected chi connectivity index (χ2v) is 6.83. The molecule has 3 rings (SSSR count). The van der Waals surface area contributed by atoms with Gasteiger partial charge in [-0.15, -0.1) is 5.16 Å². The molecular formula is C21H19BrN2O. The van der Waals surface area contributed by atoms with Gasteiger partial charge in [0.1, 0.15) is 0 Å². The SMILES string of the molecule is Cc1ccccc1C(CC=NO)c1ccncc1-c1cccc(Br)c1. The van der Waals surface area contributed by atoms with Crippen molar-refractivity contribution in [3.05, 3.63) is 88.2 Å². The third kappa shape index (κ3) is 3.97. The molecule has 1 N–H and O–H groups in total. The number of oxime groups is 1. The highest BCUT2D eigenvalue weighted by atomic mass is 79.9. The number of aromatic nitrogens is 1. The van der Waals surface area contributed by atoms with Gasteiger partial charge in [-0.1, -0.05) is 52.3 Å². The fourth-order valence-electron chi connectivity index (χ4n) is 3.16. The summed E-state index contributed by atoms with van der Waals surface area (Å²) in [4.78, 5) is 4.33. The van der Waals surface area contributed by atoms with Crippen LogP contribution in [0.3, 0.4) is 0 Å². The summed E-state index contributed by atoms with van der Waals surface area (Å²) in [7, 11) is 0. The zero-order valence-electron chi connectivity index (χ0n) is 13.9. The van der Waals surface area contributed by atoms with Crippen LogP contribution in [0.4, 0.5) is 0 Å². The summed E-state index contributed by atoms with van der Waals surface area (Å²) in [5.41, 5.74) is 5.81. The summed E-state index contributed by atoms with van der Waals surface area (Å²) in [6, 6.07) is 18.6. The van der Waals surface area contributed by atoms with E-state index in [0.717, 1.165) is 15.6 Å². The molecule has 1 heterocycles. The normalized spacial score (nSPS) is 12.4. The van der Waals surface area contributed by atoms with Crippen molar-refractivity contribution in [2.45, 2.75) is 19.3 Å². The van der Waals surface area contributed by atoms with Gasteiger partial charge in [-0.3, -0.25) is 4.98 Å². The first-order valence-electron chi connectivity index (χ1n) is 8.12. The largest absolute Gasteiger partial charge is 0.411 e. The molecule has 1 aromatic heterocycles. The first-order chi connectivity index (χ1) is 12.2. The lowest BCUT2D eigenvalue weighted by Gasteiger charge is -2.21. The van der Waals surface area contributed by atoms with Crippen LogP contribution in [-0.2, 0) is 0 Å². The third-order valence-electron chi connectivity index (χ3n) is 4.35. The molecule has 0 aliphatic carbocycles. The summed E-state index contributed by atoms with van der Waals surface area (Å²) < 4.78 is 1.03. The predicted octanol–water partition coefficient (Wildman–Crippen LogP) is 5.80. The second kappa shape index (κ2) is 8.08. The number of benzene rings is 2. The van der Waals surface area contributed by atoms with Crippen molar-refractivity contribution in [1.82, 2.24) is 4.98 Å². The molecule has 4 heteroatoms. The van der Waals surface area contributed by atoms with Gasteiger partial charge in [0.05, 0.1) is 0 Å². The van der Waals surface area contributed by atoms with E-state index in [1.165, 1.54) is 16.7 Å². The van der Waals surface area contributed by atoms with E-state index in [2.05, 4.69) is 63.3 Å². The van der Waals surface area contributed by atoms with E-state index < -0.39 is 0 Å². The molecule has 0 saturated carbocycles. The van der Waals surface area contributed by atoms with E-state index >= 15 is 0 Å².